The van der Waals surface area contributed by atoms with Gasteiger partial charge in [0.15, 0.2) is 17.3 Å². The lowest BCUT2D eigenvalue weighted by molar-refractivity contribution is -0.903. The third-order valence-electron chi connectivity index (χ3n) is 5.19. The van der Waals surface area contributed by atoms with Crippen LogP contribution < -0.4 is 19.3 Å². The Kier molecular flexibility index (Phi) is 7.36. The molecule has 2 aromatic carbocycles. The van der Waals surface area contributed by atoms with Gasteiger partial charge in [-0.15, -0.1) is 0 Å². The lowest BCUT2D eigenvalue weighted by Crippen LogP contribution is -3.16. The maximum Gasteiger partial charge on any atom is 0.161 e. The zero-order valence-electron chi connectivity index (χ0n) is 16.9. The monoisotopic (exact) mass is 419 g/mol. The van der Waals surface area contributed by atoms with Gasteiger partial charge in [0.1, 0.15) is 19.3 Å². The second-order valence-corrected chi connectivity index (χ2v) is 7.69. The van der Waals surface area contributed by atoms with Crippen LogP contribution >= 0.6 is 11.6 Å². The molecule has 1 aliphatic heterocycles. The number of quaternary nitrogens is 1. The van der Waals surface area contributed by atoms with E-state index in [0.29, 0.717) is 23.6 Å². The molecule has 3 rings (SSSR count). The molecule has 6 nitrogen and oxygen atoms in total. The van der Waals surface area contributed by atoms with Crippen molar-refractivity contribution in [1.29, 1.82) is 0 Å². The number of nitrogens with one attached hydrogen (secondary N) is 1. The predicted molar refractivity (Wildman–Crippen MR) is 114 cm³/mol. The maximum absolute atomic E-state index is 11.5. The lowest BCUT2D eigenvalue weighted by atomic mass is 10.1. The van der Waals surface area contributed by atoms with Gasteiger partial charge in [0.2, 0.25) is 0 Å². The van der Waals surface area contributed by atoms with E-state index in [-0.39, 0.29) is 12.4 Å². The highest BCUT2D eigenvalue weighted by molar-refractivity contribution is 6.33. The number of nitrogens with zero attached hydrogens (tertiary/aromatic N) is 1. The Morgan fingerprint density at radius 3 is 2.59 bits per heavy atom. The first-order valence-corrected chi connectivity index (χ1v) is 10.2. The number of piperazine rings is 1. The number of hydrogen-bond acceptors (Lipinski definition) is 5. The second kappa shape index (κ2) is 9.96. The average molecular weight is 420 g/mol. The molecule has 0 unspecified atom stereocenters. The molecule has 2 aromatic rings. The van der Waals surface area contributed by atoms with E-state index in [2.05, 4.69) is 4.90 Å². The van der Waals surface area contributed by atoms with Crippen LogP contribution in [0.2, 0.25) is 5.02 Å². The summed E-state index contributed by atoms with van der Waals surface area (Å²) in [6, 6.07) is 13.0. The number of aliphatic hydroxyl groups excluding tert-OH is 1. The zero-order valence-corrected chi connectivity index (χ0v) is 17.6. The summed E-state index contributed by atoms with van der Waals surface area (Å²) in [4.78, 5) is 15.1. The molecule has 7 heteroatoms. The Bertz CT molecular complexity index is 837. The van der Waals surface area contributed by atoms with Gasteiger partial charge in [-0.1, -0.05) is 23.7 Å². The molecule has 0 radical (unpaired) electrons. The molecule has 1 aliphatic rings. The van der Waals surface area contributed by atoms with Crippen molar-refractivity contribution >= 4 is 23.1 Å². The summed E-state index contributed by atoms with van der Waals surface area (Å²) in [6.07, 6.45) is -0.589. The van der Waals surface area contributed by atoms with Crippen molar-refractivity contribution < 1.29 is 24.3 Å². The van der Waals surface area contributed by atoms with Crippen molar-refractivity contribution in [3.05, 3.63) is 53.1 Å². The molecule has 0 spiro atoms. The fourth-order valence-corrected chi connectivity index (χ4v) is 3.82. The first kappa shape index (κ1) is 21.4. The normalized spacial score (nSPS) is 15.8. The van der Waals surface area contributed by atoms with E-state index in [1.807, 2.05) is 24.3 Å². The predicted octanol–water partition coefficient (Wildman–Crippen LogP) is 1.70. The van der Waals surface area contributed by atoms with Gasteiger partial charge in [0, 0.05) is 5.56 Å². The molecule has 29 heavy (non-hydrogen) atoms. The fraction of sp³-hybridized carbons (Fsp3) is 0.409. The smallest absolute Gasteiger partial charge is 0.161 e. The number of Topliss-reactive ketones (excluding diaryl/α,β-unsaturated/α-hetero) is 1. The fourth-order valence-electron chi connectivity index (χ4n) is 3.56. The van der Waals surface area contributed by atoms with Crippen LogP contribution in [0.25, 0.3) is 0 Å². The molecule has 0 aromatic heterocycles. The summed E-state index contributed by atoms with van der Waals surface area (Å²) < 4.78 is 11.0. The van der Waals surface area contributed by atoms with Crippen molar-refractivity contribution in [2.75, 3.05) is 51.3 Å². The largest absolute Gasteiger partial charge is 0.493 e. The standard InChI is InChI=1S/C22H27ClN2O4/c1-16(26)17-7-8-21(22(13-17)28-2)29-15-18(27)14-24-9-11-25(12-10-24)20-6-4-3-5-19(20)23/h3-8,13,18,27H,9-12,14-15H2,1-2H3/p+1/t18-/m0/s1. The van der Waals surface area contributed by atoms with Gasteiger partial charge >= 0.3 is 0 Å². The minimum atomic E-state index is -0.589. The Hall–Kier alpha value is -2.28. The second-order valence-electron chi connectivity index (χ2n) is 7.28. The van der Waals surface area contributed by atoms with Gasteiger partial charge in [0.25, 0.3) is 0 Å². The lowest BCUT2D eigenvalue weighted by Gasteiger charge is -2.34. The van der Waals surface area contributed by atoms with E-state index >= 15 is 0 Å². The number of carbonyl (C=O) groups excluding carboxylic acids is 1. The number of halogens is 1. The van der Waals surface area contributed by atoms with Gasteiger partial charge in [-0.2, -0.15) is 0 Å². The van der Waals surface area contributed by atoms with E-state index in [1.54, 1.807) is 18.2 Å². The topological polar surface area (TPSA) is 63.4 Å². The first-order chi connectivity index (χ1) is 14.0. The van der Waals surface area contributed by atoms with Crippen molar-refractivity contribution in [1.82, 2.24) is 0 Å². The molecular weight excluding hydrogens is 392 g/mol. The van der Waals surface area contributed by atoms with Gasteiger partial charge in [0.05, 0.1) is 44.0 Å². The molecule has 0 aliphatic carbocycles. The number of para-hydroxylation sites is 1. The first-order valence-electron chi connectivity index (χ1n) is 9.81. The number of benzene rings is 2. The van der Waals surface area contributed by atoms with Crippen LogP contribution in [0.4, 0.5) is 5.69 Å². The Morgan fingerprint density at radius 1 is 1.21 bits per heavy atom. The van der Waals surface area contributed by atoms with Crippen LogP contribution in [0.1, 0.15) is 17.3 Å². The van der Waals surface area contributed by atoms with Gasteiger partial charge in [-0.3, -0.25) is 4.79 Å². The molecule has 1 heterocycles. The Labute approximate surface area is 176 Å². The third kappa shape index (κ3) is 5.63. The Balaban J connectivity index is 1.48. The summed E-state index contributed by atoms with van der Waals surface area (Å²) in [7, 11) is 1.53. The molecule has 2 N–H and O–H groups in total. The maximum atomic E-state index is 11.5. The molecule has 0 bridgehead atoms. The van der Waals surface area contributed by atoms with E-state index in [4.69, 9.17) is 21.1 Å². The van der Waals surface area contributed by atoms with Crippen molar-refractivity contribution in [2.24, 2.45) is 0 Å². The number of anilines is 1. The van der Waals surface area contributed by atoms with Crippen molar-refractivity contribution in [3.8, 4) is 11.5 Å². The quantitative estimate of drug-likeness (QED) is 0.638. The number of hydrogen-bond donors (Lipinski definition) is 2. The van der Waals surface area contributed by atoms with E-state index < -0.39 is 6.10 Å². The average Bonchev–Trinajstić information content (AvgIpc) is 2.73. The number of rotatable bonds is 8. The number of methoxy groups -OCH3 is 1. The zero-order chi connectivity index (χ0) is 20.8. The summed E-state index contributed by atoms with van der Waals surface area (Å²) in [5, 5.41) is 11.2. The molecule has 1 fully saturated rings. The SMILES string of the molecule is COc1cc(C(C)=O)ccc1OC[C@@H](O)C[NH+]1CCN(c2ccccc2Cl)CC1. The summed E-state index contributed by atoms with van der Waals surface area (Å²) in [5.41, 5.74) is 1.63. The molecule has 1 atom stereocenters. The van der Waals surface area contributed by atoms with Crippen LogP contribution in [0.3, 0.4) is 0 Å². The Morgan fingerprint density at radius 2 is 1.93 bits per heavy atom. The number of carbonyl (C=O) groups is 1. The number of ether oxygens (including phenoxy) is 2. The molecule has 156 valence electrons. The molecule has 0 saturated carbocycles. The van der Waals surface area contributed by atoms with Crippen molar-refractivity contribution in [3.63, 3.8) is 0 Å². The minimum absolute atomic E-state index is 0.0329. The summed E-state index contributed by atoms with van der Waals surface area (Å²) in [5.74, 6) is 0.982. The minimum Gasteiger partial charge on any atom is -0.493 e. The highest BCUT2D eigenvalue weighted by Crippen LogP contribution is 2.28. The van der Waals surface area contributed by atoms with E-state index in [0.717, 1.165) is 36.9 Å². The van der Waals surface area contributed by atoms with Gasteiger partial charge in [-0.25, -0.2) is 0 Å². The van der Waals surface area contributed by atoms with Crippen LogP contribution in [0.15, 0.2) is 42.5 Å². The van der Waals surface area contributed by atoms with Crippen LogP contribution in [-0.2, 0) is 0 Å². The summed E-state index contributed by atoms with van der Waals surface area (Å²) >= 11 is 6.30. The number of aliphatic hydroxyl groups is 1. The van der Waals surface area contributed by atoms with Crippen LogP contribution in [0, 0.1) is 0 Å². The molecular formula is C22H28ClN2O4+. The van der Waals surface area contributed by atoms with Crippen molar-refractivity contribution in [2.45, 2.75) is 13.0 Å². The number of ketones is 1. The van der Waals surface area contributed by atoms with Gasteiger partial charge in [-0.05, 0) is 37.3 Å². The van der Waals surface area contributed by atoms with Gasteiger partial charge < -0.3 is 24.4 Å². The highest BCUT2D eigenvalue weighted by Gasteiger charge is 2.24. The van der Waals surface area contributed by atoms with Crippen LogP contribution in [-0.4, -0.2) is 63.4 Å². The molecule has 1 saturated heterocycles. The third-order valence-corrected chi connectivity index (χ3v) is 5.51. The highest BCUT2D eigenvalue weighted by atomic mass is 35.5. The molecule has 0 amide bonds. The van der Waals surface area contributed by atoms with Crippen LogP contribution in [0.5, 0.6) is 11.5 Å². The summed E-state index contributed by atoms with van der Waals surface area (Å²) in [6.45, 7) is 5.95. The van der Waals surface area contributed by atoms with E-state index in [9.17, 15) is 9.90 Å². The van der Waals surface area contributed by atoms with E-state index in [1.165, 1.54) is 18.9 Å².